The third-order valence-electron chi connectivity index (χ3n) is 7.23. The molecule has 0 spiro atoms. The topological polar surface area (TPSA) is 112 Å². The molecule has 0 saturated heterocycles. The zero-order chi connectivity index (χ0) is 33.7. The second kappa shape index (κ2) is 14.7. The van der Waals surface area contributed by atoms with E-state index in [0.29, 0.717) is 61.1 Å². The number of ether oxygens (including phenoxy) is 4. The summed E-state index contributed by atoms with van der Waals surface area (Å²) < 4.78 is 25.4. The van der Waals surface area contributed by atoms with Gasteiger partial charge >= 0.3 is 5.97 Å². The van der Waals surface area contributed by atoms with Crippen LogP contribution in [0.4, 0.5) is 0 Å². The fourth-order valence-corrected chi connectivity index (χ4v) is 6.60. The smallest absolute Gasteiger partial charge is 0.338 e. The minimum absolute atomic E-state index is 0.117. The van der Waals surface area contributed by atoms with Crippen molar-refractivity contribution >= 4 is 35.0 Å². The summed E-state index contributed by atoms with van der Waals surface area (Å²) in [6.45, 7) is 9.79. The van der Waals surface area contributed by atoms with E-state index >= 15 is 0 Å². The van der Waals surface area contributed by atoms with E-state index in [1.165, 1.54) is 15.9 Å². The van der Waals surface area contributed by atoms with Crippen LogP contribution < -0.4 is 29.1 Å². The van der Waals surface area contributed by atoms with Gasteiger partial charge in [0, 0.05) is 11.1 Å². The Balaban J connectivity index is 1.62. The van der Waals surface area contributed by atoms with Crippen molar-refractivity contribution in [2.24, 2.45) is 4.99 Å². The fraction of sp³-hybridized carbons (Fsp3) is 0.278. The van der Waals surface area contributed by atoms with E-state index in [0.717, 1.165) is 0 Å². The molecule has 2 heterocycles. The summed E-state index contributed by atoms with van der Waals surface area (Å²) >= 11 is 7.92. The first-order valence-electron chi connectivity index (χ1n) is 15.2. The number of hydrogen-bond acceptors (Lipinski definition) is 9. The van der Waals surface area contributed by atoms with Crippen molar-refractivity contribution in [1.29, 1.82) is 5.26 Å². The number of nitrogens with zero attached hydrogens (tertiary/aromatic N) is 3. The highest BCUT2D eigenvalue weighted by molar-refractivity contribution is 7.07. The van der Waals surface area contributed by atoms with Crippen LogP contribution in [0.5, 0.6) is 17.2 Å². The molecule has 3 aromatic carbocycles. The molecular weight excluding hydrogens is 638 g/mol. The molecule has 242 valence electrons. The summed E-state index contributed by atoms with van der Waals surface area (Å²) in [6.07, 6.45) is 1.57. The number of halogens is 1. The van der Waals surface area contributed by atoms with Gasteiger partial charge in [-0.2, -0.15) is 5.26 Å². The van der Waals surface area contributed by atoms with Gasteiger partial charge in [-0.05, 0) is 70.5 Å². The molecule has 11 heteroatoms. The van der Waals surface area contributed by atoms with Gasteiger partial charge < -0.3 is 18.9 Å². The Morgan fingerprint density at radius 3 is 2.55 bits per heavy atom. The van der Waals surface area contributed by atoms with Gasteiger partial charge in [-0.3, -0.25) is 9.36 Å². The molecule has 0 N–H and O–H groups in total. The molecule has 1 atom stereocenters. The fourth-order valence-electron chi connectivity index (χ4n) is 5.28. The molecule has 9 nitrogen and oxygen atoms in total. The third kappa shape index (κ3) is 7.12. The summed E-state index contributed by atoms with van der Waals surface area (Å²) in [4.78, 5) is 32.6. The van der Waals surface area contributed by atoms with Gasteiger partial charge in [-0.25, -0.2) is 9.79 Å². The van der Waals surface area contributed by atoms with Crippen LogP contribution in [0.15, 0.2) is 81.7 Å². The average Bonchev–Trinajstić information content (AvgIpc) is 3.34. The van der Waals surface area contributed by atoms with Gasteiger partial charge in [-0.1, -0.05) is 59.3 Å². The van der Waals surface area contributed by atoms with Crippen molar-refractivity contribution in [2.75, 3.05) is 13.2 Å². The number of carbonyl (C=O) groups is 1. The predicted molar refractivity (Wildman–Crippen MR) is 181 cm³/mol. The number of nitriles is 1. The molecule has 0 radical (unpaired) electrons. The van der Waals surface area contributed by atoms with Crippen molar-refractivity contribution in [2.45, 2.75) is 53.4 Å². The Morgan fingerprint density at radius 2 is 1.83 bits per heavy atom. The van der Waals surface area contributed by atoms with Crippen molar-refractivity contribution in [3.05, 3.63) is 119 Å². The number of thiazole rings is 1. The molecular formula is C36H34ClN3O6S. The lowest BCUT2D eigenvalue weighted by Gasteiger charge is -2.26. The quantitative estimate of drug-likeness (QED) is 0.178. The number of aromatic nitrogens is 1. The molecule has 4 aromatic rings. The van der Waals surface area contributed by atoms with Crippen LogP contribution in [0.2, 0.25) is 5.02 Å². The van der Waals surface area contributed by atoms with Crippen LogP contribution in [-0.4, -0.2) is 29.9 Å². The van der Waals surface area contributed by atoms with E-state index in [2.05, 4.69) is 11.1 Å². The highest BCUT2D eigenvalue weighted by atomic mass is 35.5. The van der Waals surface area contributed by atoms with Crippen molar-refractivity contribution in [3.8, 4) is 23.3 Å². The monoisotopic (exact) mass is 671 g/mol. The highest BCUT2D eigenvalue weighted by Gasteiger charge is 2.35. The zero-order valence-corrected chi connectivity index (χ0v) is 28.3. The van der Waals surface area contributed by atoms with E-state index in [9.17, 15) is 14.9 Å². The van der Waals surface area contributed by atoms with Gasteiger partial charge in [0.15, 0.2) is 16.3 Å². The standard InChI is InChI=1S/C36H34ClN3O6S/c1-6-43-29-17-23(16-27(37)33(29)45-20-25-13-9-8-12-24(25)19-38)18-30-34(41)40-32(26-14-10-11-15-28(26)46-21(3)4)31(35(42)44-7-2)22(5)39-36(40)47-30/h8-18,21,32H,6-7,20H2,1-5H3/b30-18+/t32-/m0/s1. The van der Waals surface area contributed by atoms with E-state index < -0.39 is 12.0 Å². The average molecular weight is 672 g/mol. The molecule has 1 aliphatic heterocycles. The first-order chi connectivity index (χ1) is 22.7. The third-order valence-corrected chi connectivity index (χ3v) is 8.50. The Kier molecular flexibility index (Phi) is 10.5. The molecule has 1 aromatic heterocycles. The van der Waals surface area contributed by atoms with Gasteiger partial charge in [0.1, 0.15) is 18.4 Å². The van der Waals surface area contributed by atoms with Crippen LogP contribution in [0.3, 0.4) is 0 Å². The number of carbonyl (C=O) groups excluding carboxylic acids is 1. The molecule has 0 aliphatic carbocycles. The molecule has 0 bridgehead atoms. The Morgan fingerprint density at radius 1 is 1.09 bits per heavy atom. The molecule has 47 heavy (non-hydrogen) atoms. The van der Waals surface area contributed by atoms with Crippen LogP contribution in [0, 0.1) is 11.3 Å². The predicted octanol–water partition coefficient (Wildman–Crippen LogP) is 6.09. The molecule has 0 saturated carbocycles. The first kappa shape index (κ1) is 33.5. The first-order valence-corrected chi connectivity index (χ1v) is 16.4. The lowest BCUT2D eigenvalue weighted by Crippen LogP contribution is -2.40. The maximum Gasteiger partial charge on any atom is 0.338 e. The van der Waals surface area contributed by atoms with Crippen LogP contribution >= 0.6 is 22.9 Å². The minimum Gasteiger partial charge on any atom is -0.491 e. The van der Waals surface area contributed by atoms with Crippen LogP contribution in [0.25, 0.3) is 6.08 Å². The maximum atomic E-state index is 14.2. The second-order valence-electron chi connectivity index (χ2n) is 10.8. The van der Waals surface area contributed by atoms with E-state index in [-0.39, 0.29) is 35.5 Å². The number of hydrogen-bond donors (Lipinski definition) is 0. The largest absolute Gasteiger partial charge is 0.491 e. The van der Waals surface area contributed by atoms with Gasteiger partial charge in [0.25, 0.3) is 5.56 Å². The second-order valence-corrected chi connectivity index (χ2v) is 12.2. The maximum absolute atomic E-state index is 14.2. The number of rotatable bonds is 11. The lowest BCUT2D eigenvalue weighted by atomic mass is 9.95. The lowest BCUT2D eigenvalue weighted by molar-refractivity contribution is -0.139. The molecule has 0 amide bonds. The summed E-state index contributed by atoms with van der Waals surface area (Å²) in [6, 6.07) is 19.3. The zero-order valence-electron chi connectivity index (χ0n) is 26.7. The van der Waals surface area contributed by atoms with Gasteiger partial charge in [-0.15, -0.1) is 0 Å². The molecule has 5 rings (SSSR count). The number of esters is 1. The van der Waals surface area contributed by atoms with E-state index in [1.54, 1.807) is 44.2 Å². The SMILES string of the molecule is CCOC(=O)C1=C(C)N=c2s/c(=C/c3cc(Cl)c(OCc4ccccc4C#N)c(OCC)c3)c(=O)n2[C@H]1c1ccccc1OC(C)C. The number of allylic oxidation sites excluding steroid dienone is 1. The Bertz CT molecular complexity index is 2080. The van der Waals surface area contributed by atoms with Crippen LogP contribution in [0.1, 0.15) is 62.9 Å². The number of para-hydroxylation sites is 1. The van der Waals surface area contributed by atoms with Gasteiger partial charge in [0.05, 0.1) is 51.8 Å². The van der Waals surface area contributed by atoms with Crippen molar-refractivity contribution in [1.82, 2.24) is 4.57 Å². The summed E-state index contributed by atoms with van der Waals surface area (Å²) in [5.74, 6) is 0.732. The highest BCUT2D eigenvalue weighted by Crippen LogP contribution is 2.38. The van der Waals surface area contributed by atoms with Crippen molar-refractivity contribution in [3.63, 3.8) is 0 Å². The van der Waals surface area contributed by atoms with E-state index in [1.807, 2.05) is 57.2 Å². The Labute approximate surface area is 281 Å². The molecule has 1 aliphatic rings. The minimum atomic E-state index is -0.822. The molecule has 0 fully saturated rings. The normalized spacial score (nSPS) is 14.3. The van der Waals surface area contributed by atoms with Crippen molar-refractivity contribution < 1.29 is 23.7 Å². The number of benzene rings is 3. The molecule has 0 unspecified atom stereocenters. The van der Waals surface area contributed by atoms with Gasteiger partial charge in [0.2, 0.25) is 0 Å². The van der Waals surface area contributed by atoms with Crippen LogP contribution in [-0.2, 0) is 16.1 Å². The summed E-state index contributed by atoms with van der Waals surface area (Å²) in [5, 5.41) is 9.73. The summed E-state index contributed by atoms with van der Waals surface area (Å²) in [7, 11) is 0. The van der Waals surface area contributed by atoms with E-state index in [4.69, 9.17) is 30.5 Å². The summed E-state index contributed by atoms with van der Waals surface area (Å²) in [5.41, 5.74) is 2.86. The Hall–Kier alpha value is -4.85. The number of fused-ring (bicyclic) bond motifs is 1.